The largest absolute Gasteiger partial charge is 0.481 e. The van der Waals surface area contributed by atoms with Gasteiger partial charge >= 0.3 is 0 Å². The third kappa shape index (κ3) is 4.98. The third-order valence-electron chi connectivity index (χ3n) is 5.98. The number of rotatable bonds is 6. The van der Waals surface area contributed by atoms with Crippen LogP contribution in [-0.2, 0) is 4.79 Å². The van der Waals surface area contributed by atoms with Crippen molar-refractivity contribution in [2.45, 2.75) is 51.7 Å². The zero-order valence-electron chi connectivity index (χ0n) is 18.8. The van der Waals surface area contributed by atoms with Gasteiger partial charge in [-0.25, -0.2) is 0 Å². The van der Waals surface area contributed by atoms with Gasteiger partial charge in [-0.15, -0.1) is 0 Å². The number of carbonyl (C=O) groups is 2. The van der Waals surface area contributed by atoms with Gasteiger partial charge in [0.15, 0.2) is 17.6 Å². The lowest BCUT2D eigenvalue weighted by molar-refractivity contribution is -0.139. The summed E-state index contributed by atoms with van der Waals surface area (Å²) in [7, 11) is 0. The van der Waals surface area contributed by atoms with Gasteiger partial charge in [0.25, 0.3) is 11.8 Å². The van der Waals surface area contributed by atoms with Crippen LogP contribution in [0, 0.1) is 0 Å². The maximum absolute atomic E-state index is 12.8. The van der Waals surface area contributed by atoms with E-state index in [1.165, 1.54) is 5.56 Å². The average molecular weight is 439 g/mol. The molecule has 2 aliphatic heterocycles. The summed E-state index contributed by atoms with van der Waals surface area (Å²) >= 11 is 0. The van der Waals surface area contributed by atoms with Crippen molar-refractivity contribution in [2.24, 2.45) is 0 Å². The third-order valence-corrected chi connectivity index (χ3v) is 5.98. The Balaban J connectivity index is 1.25. The van der Waals surface area contributed by atoms with Crippen LogP contribution in [0.15, 0.2) is 42.5 Å². The molecule has 2 aromatic rings. The Morgan fingerprint density at radius 1 is 1.00 bits per heavy atom. The summed E-state index contributed by atoms with van der Waals surface area (Å²) in [4.78, 5) is 27.2. The number of carbonyl (C=O) groups excluding carboxylic acids is 2. The lowest BCUT2D eigenvalue weighted by Gasteiger charge is -2.33. The first-order chi connectivity index (χ1) is 15.4. The van der Waals surface area contributed by atoms with Gasteiger partial charge in [0.2, 0.25) is 6.79 Å². The van der Waals surface area contributed by atoms with Gasteiger partial charge in [-0.2, -0.15) is 0 Å². The highest BCUT2D eigenvalue weighted by molar-refractivity contribution is 5.95. The predicted octanol–water partition coefficient (Wildman–Crippen LogP) is 3.73. The summed E-state index contributed by atoms with van der Waals surface area (Å²) in [6.07, 6.45) is 0.857. The molecule has 1 unspecified atom stereocenters. The molecule has 0 spiro atoms. The van der Waals surface area contributed by atoms with E-state index in [1.54, 1.807) is 25.1 Å². The van der Waals surface area contributed by atoms with Crippen LogP contribution in [0.2, 0.25) is 0 Å². The number of likely N-dealkylation sites (tertiary alicyclic amines) is 1. The van der Waals surface area contributed by atoms with Gasteiger partial charge in [-0.1, -0.05) is 26.0 Å². The first-order valence-corrected chi connectivity index (χ1v) is 11.2. The van der Waals surface area contributed by atoms with Crippen molar-refractivity contribution in [2.75, 3.05) is 19.9 Å². The van der Waals surface area contributed by atoms with E-state index in [0.717, 1.165) is 0 Å². The van der Waals surface area contributed by atoms with Crippen molar-refractivity contribution in [3.63, 3.8) is 0 Å². The van der Waals surface area contributed by atoms with E-state index in [9.17, 15) is 9.59 Å². The smallest absolute Gasteiger partial charge is 0.263 e. The molecule has 0 bridgehead atoms. The second-order valence-corrected chi connectivity index (χ2v) is 8.62. The Kier molecular flexibility index (Phi) is 6.53. The van der Waals surface area contributed by atoms with E-state index in [1.807, 2.05) is 29.2 Å². The average Bonchev–Trinajstić information content (AvgIpc) is 3.27. The SMILES string of the molecule is CC(Oc1ccc(C(C)C)cc1)C(=O)N1CCC(NC(=O)c2ccc3c(c2)OCO3)CC1. The molecule has 4 rings (SSSR count). The van der Waals surface area contributed by atoms with E-state index in [2.05, 4.69) is 19.2 Å². The van der Waals surface area contributed by atoms with Crippen LogP contribution in [0.1, 0.15) is 55.5 Å². The molecule has 170 valence electrons. The quantitative estimate of drug-likeness (QED) is 0.744. The van der Waals surface area contributed by atoms with Crippen LogP contribution in [0.4, 0.5) is 0 Å². The molecule has 32 heavy (non-hydrogen) atoms. The highest BCUT2D eigenvalue weighted by Gasteiger charge is 2.28. The number of amides is 2. The van der Waals surface area contributed by atoms with Gasteiger partial charge in [0.1, 0.15) is 5.75 Å². The van der Waals surface area contributed by atoms with E-state index in [0.29, 0.717) is 54.7 Å². The highest BCUT2D eigenvalue weighted by Crippen LogP contribution is 2.32. The Morgan fingerprint density at radius 3 is 2.38 bits per heavy atom. The lowest BCUT2D eigenvalue weighted by atomic mass is 10.0. The van der Waals surface area contributed by atoms with E-state index in [4.69, 9.17) is 14.2 Å². The summed E-state index contributed by atoms with van der Waals surface area (Å²) in [5.74, 6) is 2.22. The molecule has 1 saturated heterocycles. The van der Waals surface area contributed by atoms with Gasteiger partial charge in [-0.3, -0.25) is 9.59 Å². The van der Waals surface area contributed by atoms with E-state index in [-0.39, 0.29) is 24.6 Å². The van der Waals surface area contributed by atoms with Crippen molar-refractivity contribution in [1.82, 2.24) is 10.2 Å². The van der Waals surface area contributed by atoms with Gasteiger partial charge in [0, 0.05) is 24.7 Å². The number of piperidine rings is 1. The molecule has 7 nitrogen and oxygen atoms in total. The summed E-state index contributed by atoms with van der Waals surface area (Å²) in [6, 6.07) is 13.1. The zero-order chi connectivity index (χ0) is 22.7. The zero-order valence-corrected chi connectivity index (χ0v) is 18.8. The number of nitrogens with zero attached hydrogens (tertiary/aromatic N) is 1. The molecule has 0 radical (unpaired) electrons. The minimum Gasteiger partial charge on any atom is -0.481 e. The lowest BCUT2D eigenvalue weighted by Crippen LogP contribution is -2.49. The number of hydrogen-bond acceptors (Lipinski definition) is 5. The van der Waals surface area contributed by atoms with Crippen molar-refractivity contribution >= 4 is 11.8 Å². The minimum atomic E-state index is -0.556. The van der Waals surface area contributed by atoms with E-state index < -0.39 is 6.10 Å². The second-order valence-electron chi connectivity index (χ2n) is 8.62. The minimum absolute atomic E-state index is 0.0248. The maximum Gasteiger partial charge on any atom is 0.263 e. The number of ether oxygens (including phenoxy) is 3. The number of fused-ring (bicyclic) bond motifs is 1. The summed E-state index contributed by atoms with van der Waals surface area (Å²) in [5, 5.41) is 3.06. The molecular formula is C25H30N2O5. The normalized spacial score (nSPS) is 16.7. The Morgan fingerprint density at radius 2 is 1.69 bits per heavy atom. The fourth-order valence-corrected chi connectivity index (χ4v) is 3.99. The molecule has 1 fully saturated rings. The fourth-order valence-electron chi connectivity index (χ4n) is 3.99. The standard InChI is InChI=1S/C25H30N2O5/c1-16(2)18-4-7-21(8-5-18)32-17(3)25(29)27-12-10-20(11-13-27)26-24(28)19-6-9-22-23(14-19)31-15-30-22/h4-9,14,16-17,20H,10-13,15H2,1-3H3,(H,26,28). The van der Waals surface area contributed by atoms with Crippen LogP contribution in [0.25, 0.3) is 0 Å². The van der Waals surface area contributed by atoms with Crippen molar-refractivity contribution in [1.29, 1.82) is 0 Å². The monoisotopic (exact) mass is 438 g/mol. The maximum atomic E-state index is 12.8. The van der Waals surface area contributed by atoms with Crippen molar-refractivity contribution in [3.05, 3.63) is 53.6 Å². The molecular weight excluding hydrogens is 408 g/mol. The van der Waals surface area contributed by atoms with Crippen molar-refractivity contribution < 1.29 is 23.8 Å². The van der Waals surface area contributed by atoms with Crippen LogP contribution >= 0.6 is 0 Å². The Bertz CT molecular complexity index is 965. The summed E-state index contributed by atoms with van der Waals surface area (Å²) < 4.78 is 16.5. The molecule has 0 aliphatic carbocycles. The molecule has 2 amide bonds. The number of benzene rings is 2. The first kappa shape index (κ1) is 22.0. The van der Waals surface area contributed by atoms with E-state index >= 15 is 0 Å². The molecule has 0 aromatic heterocycles. The fraction of sp³-hybridized carbons (Fsp3) is 0.440. The van der Waals surface area contributed by atoms with Gasteiger partial charge in [-0.05, 0) is 61.6 Å². The number of hydrogen-bond donors (Lipinski definition) is 1. The molecule has 2 heterocycles. The Hall–Kier alpha value is -3.22. The first-order valence-electron chi connectivity index (χ1n) is 11.2. The Labute approximate surface area is 188 Å². The molecule has 1 atom stereocenters. The highest BCUT2D eigenvalue weighted by atomic mass is 16.7. The molecule has 2 aromatic carbocycles. The van der Waals surface area contributed by atoms with Gasteiger partial charge < -0.3 is 24.4 Å². The molecule has 1 N–H and O–H groups in total. The van der Waals surface area contributed by atoms with Crippen LogP contribution in [-0.4, -0.2) is 48.7 Å². The molecule has 7 heteroatoms. The molecule has 2 aliphatic rings. The topological polar surface area (TPSA) is 77.1 Å². The summed E-state index contributed by atoms with van der Waals surface area (Å²) in [6.45, 7) is 7.42. The number of nitrogens with one attached hydrogen (secondary N) is 1. The second kappa shape index (κ2) is 9.51. The van der Waals surface area contributed by atoms with Crippen molar-refractivity contribution in [3.8, 4) is 17.2 Å². The van der Waals surface area contributed by atoms with Gasteiger partial charge in [0.05, 0.1) is 0 Å². The van der Waals surface area contributed by atoms with Crippen LogP contribution < -0.4 is 19.5 Å². The predicted molar refractivity (Wildman–Crippen MR) is 120 cm³/mol. The summed E-state index contributed by atoms with van der Waals surface area (Å²) in [5.41, 5.74) is 1.78. The van der Waals surface area contributed by atoms with Crippen LogP contribution in [0.3, 0.4) is 0 Å². The van der Waals surface area contributed by atoms with Crippen LogP contribution in [0.5, 0.6) is 17.2 Å². The molecule has 0 saturated carbocycles.